The third-order valence-electron chi connectivity index (χ3n) is 5.93. The Labute approximate surface area is 187 Å². The van der Waals surface area contributed by atoms with Crippen LogP contribution in [0.15, 0.2) is 79.1 Å². The highest BCUT2D eigenvalue weighted by atomic mass is 16.5. The number of hydrogen-bond donors (Lipinski definition) is 0. The van der Waals surface area contributed by atoms with Crippen LogP contribution < -0.4 is 9.64 Å². The molecular weight excluding hydrogens is 400 g/mol. The summed E-state index contributed by atoms with van der Waals surface area (Å²) in [6.45, 7) is 4.92. The summed E-state index contributed by atoms with van der Waals surface area (Å²) in [5.41, 5.74) is 2.32. The molecule has 1 aliphatic rings. The molecular formula is C26H26N4O2. The lowest BCUT2D eigenvalue weighted by Crippen LogP contribution is -2.50. The summed E-state index contributed by atoms with van der Waals surface area (Å²) in [5, 5.41) is 2.27. The van der Waals surface area contributed by atoms with Gasteiger partial charge in [0, 0.05) is 44.3 Å². The van der Waals surface area contributed by atoms with Crippen molar-refractivity contribution in [2.45, 2.75) is 6.92 Å². The Balaban J connectivity index is 1.18. The molecule has 1 aliphatic heterocycles. The third kappa shape index (κ3) is 4.17. The number of anilines is 1. The van der Waals surface area contributed by atoms with Crippen molar-refractivity contribution in [2.75, 3.05) is 37.7 Å². The molecule has 6 nitrogen and oxygen atoms in total. The molecule has 5 rings (SSSR count). The summed E-state index contributed by atoms with van der Waals surface area (Å²) in [5.74, 6) is 1.64. The van der Waals surface area contributed by atoms with Crippen molar-refractivity contribution in [3.05, 3.63) is 84.7 Å². The normalized spacial score (nSPS) is 14.0. The second kappa shape index (κ2) is 8.75. The number of fused-ring (bicyclic) bond motifs is 1. The Hall–Kier alpha value is -3.80. The van der Waals surface area contributed by atoms with Gasteiger partial charge in [-0.05, 0) is 42.0 Å². The van der Waals surface area contributed by atoms with E-state index < -0.39 is 0 Å². The minimum Gasteiger partial charge on any atom is -0.484 e. The molecule has 162 valence electrons. The van der Waals surface area contributed by atoms with E-state index in [2.05, 4.69) is 51.7 Å². The average molecular weight is 427 g/mol. The van der Waals surface area contributed by atoms with Crippen molar-refractivity contribution in [3.8, 4) is 11.4 Å². The summed E-state index contributed by atoms with van der Waals surface area (Å²) >= 11 is 0. The number of imidazole rings is 1. The van der Waals surface area contributed by atoms with E-state index in [9.17, 15) is 4.79 Å². The third-order valence-corrected chi connectivity index (χ3v) is 5.93. The van der Waals surface area contributed by atoms with Gasteiger partial charge in [-0.15, -0.1) is 0 Å². The Bertz CT molecular complexity index is 1220. The fourth-order valence-electron chi connectivity index (χ4n) is 4.09. The van der Waals surface area contributed by atoms with Crippen LogP contribution in [0.3, 0.4) is 0 Å². The highest BCUT2D eigenvalue weighted by Crippen LogP contribution is 2.22. The van der Waals surface area contributed by atoms with E-state index in [0.29, 0.717) is 13.1 Å². The number of nitrogens with zero attached hydrogens (tertiary/aromatic N) is 4. The van der Waals surface area contributed by atoms with Gasteiger partial charge in [0.05, 0.1) is 0 Å². The number of rotatable bonds is 5. The monoisotopic (exact) mass is 426 g/mol. The molecule has 0 radical (unpaired) electrons. The van der Waals surface area contributed by atoms with E-state index in [1.54, 1.807) is 0 Å². The number of hydrogen-bond acceptors (Lipinski definition) is 4. The second-order valence-corrected chi connectivity index (χ2v) is 8.10. The van der Waals surface area contributed by atoms with Crippen LogP contribution >= 0.6 is 0 Å². The summed E-state index contributed by atoms with van der Waals surface area (Å²) in [6.07, 6.45) is 3.80. The van der Waals surface area contributed by atoms with Crippen LogP contribution in [-0.4, -0.2) is 53.1 Å². The first-order valence-corrected chi connectivity index (χ1v) is 10.9. The summed E-state index contributed by atoms with van der Waals surface area (Å²) in [6, 6.07) is 22.4. The van der Waals surface area contributed by atoms with Crippen LogP contribution in [0.1, 0.15) is 5.56 Å². The predicted octanol–water partition coefficient (Wildman–Crippen LogP) is 4.06. The Morgan fingerprint density at radius 1 is 0.938 bits per heavy atom. The van der Waals surface area contributed by atoms with Gasteiger partial charge in [-0.1, -0.05) is 48.0 Å². The SMILES string of the molecule is Cc1ccc(-n2ccnc2N2CCN(C(=O)COc3ccc4ccccc4c3)CC2)cc1. The molecule has 6 heteroatoms. The van der Waals surface area contributed by atoms with Crippen molar-refractivity contribution in [1.82, 2.24) is 14.5 Å². The lowest BCUT2D eigenvalue weighted by molar-refractivity contribution is -0.133. The second-order valence-electron chi connectivity index (χ2n) is 8.10. The van der Waals surface area contributed by atoms with Gasteiger partial charge in [0.15, 0.2) is 6.61 Å². The van der Waals surface area contributed by atoms with Gasteiger partial charge in [0.25, 0.3) is 5.91 Å². The van der Waals surface area contributed by atoms with Crippen molar-refractivity contribution in [1.29, 1.82) is 0 Å². The maximum absolute atomic E-state index is 12.7. The van der Waals surface area contributed by atoms with Gasteiger partial charge < -0.3 is 14.5 Å². The van der Waals surface area contributed by atoms with E-state index in [1.165, 1.54) is 5.56 Å². The van der Waals surface area contributed by atoms with Gasteiger partial charge >= 0.3 is 0 Å². The smallest absolute Gasteiger partial charge is 0.260 e. The maximum Gasteiger partial charge on any atom is 0.260 e. The van der Waals surface area contributed by atoms with Gasteiger partial charge in [0.1, 0.15) is 5.75 Å². The maximum atomic E-state index is 12.7. The zero-order valence-corrected chi connectivity index (χ0v) is 18.1. The molecule has 0 atom stereocenters. The molecule has 0 saturated carbocycles. The first kappa shape index (κ1) is 20.1. The van der Waals surface area contributed by atoms with Gasteiger partial charge in [0.2, 0.25) is 5.95 Å². The molecule has 0 N–H and O–H groups in total. The van der Waals surface area contributed by atoms with Crippen LogP contribution in [0.4, 0.5) is 5.95 Å². The van der Waals surface area contributed by atoms with Gasteiger partial charge in [-0.2, -0.15) is 0 Å². The number of aryl methyl sites for hydroxylation is 1. The highest BCUT2D eigenvalue weighted by molar-refractivity contribution is 5.84. The van der Waals surface area contributed by atoms with E-state index in [4.69, 9.17) is 4.74 Å². The van der Waals surface area contributed by atoms with Gasteiger partial charge in [-0.3, -0.25) is 9.36 Å². The fraction of sp³-hybridized carbons (Fsp3) is 0.231. The zero-order valence-electron chi connectivity index (χ0n) is 18.1. The quantitative estimate of drug-likeness (QED) is 0.483. The van der Waals surface area contributed by atoms with E-state index in [-0.39, 0.29) is 12.5 Å². The Morgan fingerprint density at radius 2 is 1.69 bits per heavy atom. The first-order valence-electron chi connectivity index (χ1n) is 10.9. The van der Waals surface area contributed by atoms with E-state index in [1.807, 2.05) is 53.7 Å². The lowest BCUT2D eigenvalue weighted by Gasteiger charge is -2.35. The molecule has 0 aliphatic carbocycles. The first-order chi connectivity index (χ1) is 15.7. The minimum atomic E-state index is 0.0136. The van der Waals surface area contributed by atoms with Crippen molar-refractivity contribution in [3.63, 3.8) is 0 Å². The Morgan fingerprint density at radius 3 is 2.47 bits per heavy atom. The number of benzene rings is 3. The average Bonchev–Trinajstić information content (AvgIpc) is 3.33. The molecule has 2 heterocycles. The van der Waals surface area contributed by atoms with Crippen molar-refractivity contribution < 1.29 is 9.53 Å². The number of piperazine rings is 1. The highest BCUT2D eigenvalue weighted by Gasteiger charge is 2.24. The topological polar surface area (TPSA) is 50.6 Å². The molecule has 1 fully saturated rings. The molecule has 0 unspecified atom stereocenters. The number of aromatic nitrogens is 2. The molecule has 1 aromatic heterocycles. The summed E-state index contributed by atoms with van der Waals surface area (Å²) < 4.78 is 7.89. The molecule has 1 saturated heterocycles. The summed E-state index contributed by atoms with van der Waals surface area (Å²) in [7, 11) is 0. The molecule has 0 bridgehead atoms. The van der Waals surface area contributed by atoms with Gasteiger partial charge in [-0.25, -0.2) is 4.98 Å². The molecule has 0 spiro atoms. The molecule has 3 aromatic carbocycles. The largest absolute Gasteiger partial charge is 0.484 e. The summed E-state index contributed by atoms with van der Waals surface area (Å²) in [4.78, 5) is 21.4. The lowest BCUT2D eigenvalue weighted by atomic mass is 10.1. The Kier molecular flexibility index (Phi) is 5.50. The van der Waals surface area contributed by atoms with Crippen LogP contribution in [-0.2, 0) is 4.79 Å². The van der Waals surface area contributed by atoms with E-state index in [0.717, 1.165) is 41.2 Å². The minimum absolute atomic E-state index is 0.0136. The van der Waals surface area contributed by atoms with Crippen LogP contribution in [0, 0.1) is 6.92 Å². The van der Waals surface area contributed by atoms with Crippen LogP contribution in [0.2, 0.25) is 0 Å². The van der Waals surface area contributed by atoms with Crippen molar-refractivity contribution in [2.24, 2.45) is 0 Å². The molecule has 32 heavy (non-hydrogen) atoms. The predicted molar refractivity (Wildman–Crippen MR) is 127 cm³/mol. The van der Waals surface area contributed by atoms with Crippen molar-refractivity contribution >= 4 is 22.6 Å². The van der Waals surface area contributed by atoms with E-state index >= 15 is 0 Å². The number of ether oxygens (including phenoxy) is 1. The molecule has 1 amide bonds. The number of amides is 1. The number of carbonyl (C=O) groups is 1. The fourth-order valence-corrected chi connectivity index (χ4v) is 4.09. The zero-order chi connectivity index (χ0) is 21.9. The number of carbonyl (C=O) groups excluding carboxylic acids is 1. The van der Waals surface area contributed by atoms with Crippen LogP contribution in [0.5, 0.6) is 5.75 Å². The van der Waals surface area contributed by atoms with Crippen LogP contribution in [0.25, 0.3) is 16.5 Å². The standard InChI is InChI=1S/C26H26N4O2/c1-20-6-9-23(10-7-20)30-13-12-27-26(30)29-16-14-28(15-17-29)25(31)19-32-24-11-8-21-4-2-3-5-22(21)18-24/h2-13,18H,14-17,19H2,1H3. The molecule has 4 aromatic rings.